The van der Waals surface area contributed by atoms with Gasteiger partial charge in [-0.05, 0) is 60.9 Å². The number of benzene rings is 3. The van der Waals surface area contributed by atoms with E-state index >= 15 is 0 Å². The maximum atomic E-state index is 13.6. The first-order chi connectivity index (χ1) is 17.4. The van der Waals surface area contributed by atoms with E-state index in [0.717, 1.165) is 22.4 Å². The zero-order valence-electron chi connectivity index (χ0n) is 20.6. The summed E-state index contributed by atoms with van der Waals surface area (Å²) in [6.45, 7) is 4.33. The van der Waals surface area contributed by atoms with Gasteiger partial charge in [0.15, 0.2) is 0 Å². The molecule has 2 unspecified atom stereocenters. The maximum Gasteiger partial charge on any atom is 0.243 e. The van der Waals surface area contributed by atoms with Crippen molar-refractivity contribution in [2.75, 3.05) is 5.75 Å². The Morgan fingerprint density at radius 2 is 1.50 bits per heavy atom. The molecule has 0 spiro atoms. The fraction of sp³-hybridized carbons (Fsp3) is 0.310. The van der Waals surface area contributed by atoms with Crippen LogP contribution >= 0.6 is 35.0 Å². The number of nitrogens with zero attached hydrogens (tertiary/aromatic N) is 1. The average molecular weight is 544 g/mol. The quantitative estimate of drug-likeness (QED) is 0.250. The molecule has 2 atom stereocenters. The summed E-state index contributed by atoms with van der Waals surface area (Å²) >= 11 is 13.7. The van der Waals surface area contributed by atoms with Crippen LogP contribution in [0.4, 0.5) is 0 Å². The predicted octanol–water partition coefficient (Wildman–Crippen LogP) is 7.03. The number of rotatable bonds is 12. The SMILES string of the molecule is CCC(C)NC(=O)C(Cc1ccccc1)N(Cc1ccc(Cl)cc1)C(=O)CCSc1ccc(Cl)cc1. The Kier molecular flexibility index (Phi) is 11.2. The van der Waals surface area contributed by atoms with Crippen molar-refractivity contribution in [1.82, 2.24) is 10.2 Å². The fourth-order valence-corrected chi connectivity index (χ4v) is 4.81. The van der Waals surface area contributed by atoms with Gasteiger partial charge in [-0.3, -0.25) is 9.59 Å². The molecule has 0 aliphatic carbocycles. The second-order valence-corrected chi connectivity index (χ2v) is 10.8. The van der Waals surface area contributed by atoms with Crippen LogP contribution in [0.25, 0.3) is 0 Å². The summed E-state index contributed by atoms with van der Waals surface area (Å²) in [6, 6.07) is 24.2. The van der Waals surface area contributed by atoms with Crippen LogP contribution in [-0.2, 0) is 22.6 Å². The first kappa shape index (κ1) is 28.1. The monoisotopic (exact) mass is 542 g/mol. The maximum absolute atomic E-state index is 13.6. The summed E-state index contributed by atoms with van der Waals surface area (Å²) in [7, 11) is 0. The molecular weight excluding hydrogens is 511 g/mol. The lowest BCUT2D eigenvalue weighted by Crippen LogP contribution is -2.52. The van der Waals surface area contributed by atoms with E-state index in [-0.39, 0.29) is 17.9 Å². The molecule has 3 aromatic carbocycles. The second-order valence-electron chi connectivity index (χ2n) is 8.72. The molecule has 0 aromatic heterocycles. The summed E-state index contributed by atoms with van der Waals surface area (Å²) in [5, 5.41) is 4.41. The standard InChI is InChI=1S/C29H32Cl2N2O2S/c1-3-21(2)32-29(35)27(19-22-7-5-4-6-8-22)33(20-23-9-11-24(30)12-10-23)28(34)17-18-36-26-15-13-25(31)14-16-26/h4-16,21,27H,3,17-20H2,1-2H3,(H,32,35). The van der Waals surface area contributed by atoms with Gasteiger partial charge in [0.25, 0.3) is 0 Å². The molecule has 4 nitrogen and oxygen atoms in total. The molecule has 1 N–H and O–H groups in total. The third kappa shape index (κ3) is 8.88. The zero-order chi connectivity index (χ0) is 25.9. The zero-order valence-corrected chi connectivity index (χ0v) is 23.0. The highest BCUT2D eigenvalue weighted by atomic mass is 35.5. The van der Waals surface area contributed by atoms with Gasteiger partial charge in [0.05, 0.1) is 0 Å². The van der Waals surface area contributed by atoms with Crippen LogP contribution in [0.2, 0.25) is 10.0 Å². The summed E-state index contributed by atoms with van der Waals surface area (Å²) in [5.74, 6) is 0.398. The Labute approximate surface area is 228 Å². The first-order valence-corrected chi connectivity index (χ1v) is 13.9. The predicted molar refractivity (Wildman–Crippen MR) is 151 cm³/mol. The number of carbonyl (C=O) groups is 2. The number of carbonyl (C=O) groups excluding carboxylic acids is 2. The van der Waals surface area contributed by atoms with Crippen molar-refractivity contribution in [3.63, 3.8) is 0 Å². The Hall–Kier alpha value is -2.47. The summed E-state index contributed by atoms with van der Waals surface area (Å²) in [6.07, 6.45) is 1.56. The highest BCUT2D eigenvalue weighted by molar-refractivity contribution is 7.99. The minimum Gasteiger partial charge on any atom is -0.352 e. The van der Waals surface area contributed by atoms with E-state index in [1.807, 2.05) is 80.6 Å². The van der Waals surface area contributed by atoms with Crippen molar-refractivity contribution < 1.29 is 9.59 Å². The van der Waals surface area contributed by atoms with Gasteiger partial charge in [-0.15, -0.1) is 11.8 Å². The largest absolute Gasteiger partial charge is 0.352 e. The molecule has 3 aromatic rings. The summed E-state index contributed by atoms with van der Waals surface area (Å²) < 4.78 is 0. The number of hydrogen-bond acceptors (Lipinski definition) is 3. The van der Waals surface area contributed by atoms with Gasteiger partial charge >= 0.3 is 0 Å². The van der Waals surface area contributed by atoms with Crippen LogP contribution in [0.15, 0.2) is 83.8 Å². The second kappa shape index (κ2) is 14.3. The smallest absolute Gasteiger partial charge is 0.243 e. The lowest BCUT2D eigenvalue weighted by molar-refractivity contribution is -0.141. The molecule has 0 bridgehead atoms. The van der Waals surface area contributed by atoms with Crippen molar-refractivity contribution in [2.24, 2.45) is 0 Å². The molecule has 0 radical (unpaired) electrons. The van der Waals surface area contributed by atoms with Crippen molar-refractivity contribution in [3.05, 3.63) is 100 Å². The van der Waals surface area contributed by atoms with Gasteiger partial charge in [-0.1, -0.05) is 72.6 Å². The van der Waals surface area contributed by atoms with Crippen LogP contribution in [0.1, 0.15) is 37.8 Å². The highest BCUT2D eigenvalue weighted by Gasteiger charge is 2.30. The number of thioether (sulfide) groups is 1. The topological polar surface area (TPSA) is 49.4 Å². The van der Waals surface area contributed by atoms with E-state index < -0.39 is 6.04 Å². The number of hydrogen-bond donors (Lipinski definition) is 1. The lowest BCUT2D eigenvalue weighted by atomic mass is 10.0. The van der Waals surface area contributed by atoms with Gasteiger partial charge in [0, 0.05) is 46.1 Å². The Morgan fingerprint density at radius 1 is 0.889 bits per heavy atom. The van der Waals surface area contributed by atoms with Gasteiger partial charge in [0.1, 0.15) is 6.04 Å². The summed E-state index contributed by atoms with van der Waals surface area (Å²) in [4.78, 5) is 29.9. The first-order valence-electron chi connectivity index (χ1n) is 12.1. The number of amides is 2. The molecule has 0 aliphatic heterocycles. The van der Waals surface area contributed by atoms with Gasteiger partial charge in [-0.25, -0.2) is 0 Å². The third-order valence-electron chi connectivity index (χ3n) is 5.94. The Morgan fingerprint density at radius 3 is 2.11 bits per heavy atom. The Bertz CT molecular complexity index is 1110. The molecule has 0 aliphatic rings. The minimum absolute atomic E-state index is 0.0173. The van der Waals surface area contributed by atoms with E-state index in [9.17, 15) is 9.59 Å². The molecule has 2 amide bonds. The van der Waals surface area contributed by atoms with E-state index in [1.165, 1.54) is 0 Å². The third-order valence-corrected chi connectivity index (χ3v) is 7.45. The molecule has 7 heteroatoms. The highest BCUT2D eigenvalue weighted by Crippen LogP contribution is 2.23. The van der Waals surface area contributed by atoms with E-state index in [4.69, 9.17) is 23.2 Å². The molecule has 3 rings (SSSR count). The van der Waals surface area contributed by atoms with Crippen molar-refractivity contribution >= 4 is 46.8 Å². The lowest BCUT2D eigenvalue weighted by Gasteiger charge is -2.32. The van der Waals surface area contributed by atoms with E-state index in [1.54, 1.807) is 28.8 Å². The van der Waals surface area contributed by atoms with Gasteiger partial charge in [-0.2, -0.15) is 0 Å². The van der Waals surface area contributed by atoms with Crippen molar-refractivity contribution in [2.45, 2.75) is 56.6 Å². The molecule has 0 heterocycles. The van der Waals surface area contributed by atoms with Gasteiger partial charge < -0.3 is 10.2 Å². The number of halogens is 2. The number of nitrogens with one attached hydrogen (secondary N) is 1. The molecule has 0 saturated carbocycles. The molecule has 190 valence electrons. The van der Waals surface area contributed by atoms with Crippen molar-refractivity contribution in [1.29, 1.82) is 0 Å². The van der Waals surface area contributed by atoms with E-state index in [0.29, 0.717) is 35.2 Å². The Balaban J connectivity index is 1.84. The summed E-state index contributed by atoms with van der Waals surface area (Å²) in [5.41, 5.74) is 1.93. The fourth-order valence-electron chi connectivity index (χ4n) is 3.71. The van der Waals surface area contributed by atoms with Crippen molar-refractivity contribution in [3.8, 4) is 0 Å². The van der Waals surface area contributed by atoms with Crippen LogP contribution in [0, 0.1) is 0 Å². The molecule has 0 saturated heterocycles. The molecule has 0 fully saturated rings. The van der Waals surface area contributed by atoms with Crippen LogP contribution in [0.3, 0.4) is 0 Å². The minimum atomic E-state index is -0.634. The van der Waals surface area contributed by atoms with Gasteiger partial charge in [0.2, 0.25) is 11.8 Å². The van der Waals surface area contributed by atoms with Crippen LogP contribution in [-0.4, -0.2) is 34.6 Å². The average Bonchev–Trinajstić information content (AvgIpc) is 2.88. The van der Waals surface area contributed by atoms with Crippen LogP contribution in [0.5, 0.6) is 0 Å². The molecule has 36 heavy (non-hydrogen) atoms. The normalized spacial score (nSPS) is 12.6. The van der Waals surface area contributed by atoms with E-state index in [2.05, 4.69) is 5.32 Å². The molecular formula is C29H32Cl2N2O2S. The van der Waals surface area contributed by atoms with Crippen LogP contribution < -0.4 is 5.32 Å².